The van der Waals surface area contributed by atoms with E-state index in [4.69, 9.17) is 26.0 Å². The number of rotatable bonds is 10. The Kier molecular flexibility index (Phi) is 13.8. The third-order valence-electron chi connectivity index (χ3n) is 9.11. The molecular weight excluding hydrogens is 614 g/mol. The van der Waals surface area contributed by atoms with Crippen LogP contribution in [0.4, 0.5) is 0 Å². The average molecular weight is 666 g/mol. The Hall–Kier alpha value is -5.09. The van der Waals surface area contributed by atoms with Crippen molar-refractivity contribution in [3.63, 3.8) is 0 Å². The minimum absolute atomic E-state index is 0.0391. The number of hydrogen-bond donors (Lipinski definition) is 6. The first-order chi connectivity index (χ1) is 23.7. The molecule has 0 radical (unpaired) electrons. The summed E-state index contributed by atoms with van der Waals surface area (Å²) in [6.45, 7) is 4.68. The number of para-hydroxylation sites is 2. The van der Waals surface area contributed by atoms with Crippen LogP contribution in [-0.2, 0) is 17.8 Å². The molecule has 7 N–H and O–H groups in total. The standard InChI is InChI=1S/C23H27N5O3.C9H9N.C7H15N/c1-30-18-9-7-17(21(11-18)31-2)14-28(23(25)13-26-15-29)22(24)10-8-16-12-27-20-6-4-3-5-19(16)20;1-7-6-10-9-5-3-2-4-8(7)9;1-6-4-2-3-5-7(6)8/h3-7,9,11-12,15,24-25,27H,8,10,13-14H2,1-2H3,(H,26,29);2-6,10H,1H3;6-7H,2-5,8H2,1H3. The van der Waals surface area contributed by atoms with Crippen LogP contribution in [-0.4, -0.2) is 59.8 Å². The predicted octanol–water partition coefficient (Wildman–Crippen LogP) is 7.32. The SMILES string of the molecule is CC1CCCCC1N.COc1ccc(CN(C(=N)CCc2c[nH]c3ccccc23)C(=N)CNC=O)c(OC)c1.Cc1c[nH]c2ccccc12. The van der Waals surface area contributed by atoms with E-state index in [1.165, 1.54) is 42.1 Å². The van der Waals surface area contributed by atoms with Crippen molar-refractivity contribution in [1.29, 1.82) is 10.8 Å². The maximum atomic E-state index is 10.7. The summed E-state index contributed by atoms with van der Waals surface area (Å²) in [5.74, 6) is 2.49. The topological polar surface area (TPSA) is 156 Å². The highest BCUT2D eigenvalue weighted by Crippen LogP contribution is 2.27. The molecule has 3 aromatic carbocycles. The number of hydrogen-bond acceptors (Lipinski definition) is 6. The Labute approximate surface area is 289 Å². The second-order valence-corrected chi connectivity index (χ2v) is 12.5. The van der Waals surface area contributed by atoms with E-state index < -0.39 is 0 Å². The average Bonchev–Trinajstić information content (AvgIpc) is 3.73. The minimum atomic E-state index is 0.0391. The van der Waals surface area contributed by atoms with Crippen molar-refractivity contribution in [2.45, 2.75) is 65.0 Å². The second-order valence-electron chi connectivity index (χ2n) is 12.5. The highest BCUT2D eigenvalue weighted by atomic mass is 16.5. The highest BCUT2D eigenvalue weighted by Gasteiger charge is 2.19. The van der Waals surface area contributed by atoms with Crippen molar-refractivity contribution in [3.05, 3.63) is 95.8 Å². The lowest BCUT2D eigenvalue weighted by Gasteiger charge is -2.26. The number of methoxy groups -OCH3 is 2. The zero-order valence-corrected chi connectivity index (χ0v) is 29.1. The summed E-state index contributed by atoms with van der Waals surface area (Å²) in [4.78, 5) is 18.8. The number of ether oxygens (including phenoxy) is 2. The van der Waals surface area contributed by atoms with E-state index in [2.05, 4.69) is 53.4 Å². The summed E-state index contributed by atoms with van der Waals surface area (Å²) in [5, 5.41) is 22.0. The number of nitrogens with one attached hydrogen (secondary N) is 5. The molecule has 2 atom stereocenters. The summed E-state index contributed by atoms with van der Waals surface area (Å²) < 4.78 is 10.7. The van der Waals surface area contributed by atoms with Crippen LogP contribution in [0, 0.1) is 23.7 Å². The van der Waals surface area contributed by atoms with E-state index in [0.717, 1.165) is 27.9 Å². The van der Waals surface area contributed by atoms with Crippen LogP contribution in [0.5, 0.6) is 11.5 Å². The Balaban J connectivity index is 0.000000240. The van der Waals surface area contributed by atoms with Crippen molar-refractivity contribution in [3.8, 4) is 11.5 Å². The van der Waals surface area contributed by atoms with Gasteiger partial charge in [0.1, 0.15) is 23.2 Å². The molecule has 10 heteroatoms. The Bertz CT molecular complexity index is 1800. The number of fused-ring (bicyclic) bond motifs is 2. The maximum absolute atomic E-state index is 10.7. The number of amides is 1. The minimum Gasteiger partial charge on any atom is -0.497 e. The summed E-state index contributed by atoms with van der Waals surface area (Å²) in [6, 6.07) is 22.3. The molecule has 5 aromatic rings. The lowest BCUT2D eigenvalue weighted by molar-refractivity contribution is -0.109. The molecule has 1 aliphatic rings. The number of nitrogens with zero attached hydrogens (tertiary/aromatic N) is 1. The number of carbonyl (C=O) groups is 1. The zero-order chi connectivity index (χ0) is 35.2. The normalized spacial score (nSPS) is 15.3. The van der Waals surface area contributed by atoms with Gasteiger partial charge in [0.15, 0.2) is 0 Å². The molecule has 1 fully saturated rings. The molecule has 6 rings (SSSR count). The molecule has 2 heterocycles. The molecule has 1 aliphatic carbocycles. The van der Waals surface area contributed by atoms with Crippen molar-refractivity contribution in [2.24, 2.45) is 11.7 Å². The number of benzene rings is 3. The van der Waals surface area contributed by atoms with Gasteiger partial charge in [-0.3, -0.25) is 15.6 Å². The summed E-state index contributed by atoms with van der Waals surface area (Å²) in [5.41, 5.74) is 11.3. The van der Waals surface area contributed by atoms with Gasteiger partial charge in [-0.25, -0.2) is 0 Å². The van der Waals surface area contributed by atoms with E-state index in [9.17, 15) is 4.79 Å². The van der Waals surface area contributed by atoms with Crippen molar-refractivity contribution < 1.29 is 14.3 Å². The van der Waals surface area contributed by atoms with Crippen LogP contribution in [0.2, 0.25) is 0 Å². The van der Waals surface area contributed by atoms with Crippen LogP contribution in [0.15, 0.2) is 79.1 Å². The summed E-state index contributed by atoms with van der Waals surface area (Å²) in [7, 11) is 3.16. The molecule has 0 spiro atoms. The van der Waals surface area contributed by atoms with Crippen LogP contribution < -0.4 is 20.5 Å². The molecular formula is C39H51N7O3. The fraction of sp³-hybridized carbons (Fsp3) is 0.359. The molecule has 1 saturated carbocycles. The number of carbonyl (C=O) groups excluding carboxylic acids is 1. The first-order valence-electron chi connectivity index (χ1n) is 16.9. The van der Waals surface area contributed by atoms with Crippen molar-refractivity contribution in [1.82, 2.24) is 20.2 Å². The van der Waals surface area contributed by atoms with E-state index in [0.29, 0.717) is 42.6 Å². The molecule has 2 unspecified atom stereocenters. The van der Waals surface area contributed by atoms with Gasteiger partial charge < -0.3 is 35.4 Å². The monoisotopic (exact) mass is 665 g/mol. The fourth-order valence-electron chi connectivity index (χ4n) is 6.03. The lowest BCUT2D eigenvalue weighted by atomic mass is 9.87. The highest BCUT2D eigenvalue weighted by molar-refractivity contribution is 5.99. The quantitative estimate of drug-likeness (QED) is 0.0524. The van der Waals surface area contributed by atoms with Gasteiger partial charge in [-0.1, -0.05) is 56.2 Å². The summed E-state index contributed by atoms with van der Waals surface area (Å²) >= 11 is 0. The predicted molar refractivity (Wildman–Crippen MR) is 200 cm³/mol. The number of amidine groups is 2. The molecule has 2 aromatic heterocycles. The van der Waals surface area contributed by atoms with E-state index >= 15 is 0 Å². The van der Waals surface area contributed by atoms with Crippen LogP contribution in [0.1, 0.15) is 55.7 Å². The Morgan fingerprint density at radius 3 is 2.22 bits per heavy atom. The number of H-pyrrole nitrogens is 2. The molecule has 1 amide bonds. The van der Waals surface area contributed by atoms with Crippen LogP contribution in [0.3, 0.4) is 0 Å². The van der Waals surface area contributed by atoms with Gasteiger partial charge in [0.05, 0.1) is 27.3 Å². The van der Waals surface area contributed by atoms with Crippen LogP contribution >= 0.6 is 0 Å². The van der Waals surface area contributed by atoms with Gasteiger partial charge in [-0.2, -0.15) is 0 Å². The molecule has 0 bridgehead atoms. The molecule has 0 saturated heterocycles. The number of aromatic nitrogens is 2. The van der Waals surface area contributed by atoms with Crippen LogP contribution in [0.25, 0.3) is 21.8 Å². The molecule has 0 aliphatic heterocycles. The largest absolute Gasteiger partial charge is 0.497 e. The maximum Gasteiger partial charge on any atom is 0.207 e. The first-order valence-corrected chi connectivity index (χ1v) is 16.9. The Morgan fingerprint density at radius 2 is 1.59 bits per heavy atom. The molecule has 10 nitrogen and oxygen atoms in total. The van der Waals surface area contributed by atoms with Gasteiger partial charge in [0, 0.05) is 58.3 Å². The van der Waals surface area contributed by atoms with E-state index in [1.807, 2.05) is 48.8 Å². The number of aryl methyl sites for hydroxylation is 2. The number of nitrogens with two attached hydrogens (primary N) is 1. The van der Waals surface area contributed by atoms with Crippen molar-refractivity contribution in [2.75, 3.05) is 20.8 Å². The van der Waals surface area contributed by atoms with Gasteiger partial charge in [-0.05, 0) is 67.5 Å². The fourth-order valence-corrected chi connectivity index (χ4v) is 6.03. The van der Waals surface area contributed by atoms with E-state index in [-0.39, 0.29) is 18.9 Å². The second kappa shape index (κ2) is 18.5. The van der Waals surface area contributed by atoms with E-state index in [1.54, 1.807) is 25.2 Å². The zero-order valence-electron chi connectivity index (χ0n) is 29.1. The summed E-state index contributed by atoms with van der Waals surface area (Å²) in [6.07, 6.45) is 11.0. The third-order valence-corrected chi connectivity index (χ3v) is 9.11. The smallest absolute Gasteiger partial charge is 0.207 e. The molecule has 49 heavy (non-hydrogen) atoms. The van der Waals surface area contributed by atoms with Gasteiger partial charge >= 0.3 is 0 Å². The van der Waals surface area contributed by atoms with Crippen molar-refractivity contribution >= 4 is 39.9 Å². The first kappa shape index (κ1) is 36.7. The van der Waals surface area contributed by atoms with Gasteiger partial charge in [-0.15, -0.1) is 0 Å². The third kappa shape index (κ3) is 10.2. The number of aromatic amines is 2. The lowest BCUT2D eigenvalue weighted by Crippen LogP contribution is -2.41. The van der Waals surface area contributed by atoms with Gasteiger partial charge in [0.2, 0.25) is 6.41 Å². The Morgan fingerprint density at radius 1 is 0.918 bits per heavy atom. The van der Waals surface area contributed by atoms with Gasteiger partial charge in [0.25, 0.3) is 0 Å². The molecule has 260 valence electrons.